The van der Waals surface area contributed by atoms with Gasteiger partial charge in [-0.3, -0.25) is 4.79 Å². The molecule has 0 radical (unpaired) electrons. The number of nitrogens with one attached hydrogen (secondary N) is 2. The molecule has 1 saturated heterocycles. The zero-order valence-corrected chi connectivity index (χ0v) is 15.2. The van der Waals surface area contributed by atoms with Gasteiger partial charge in [0.05, 0.1) is 0 Å². The Morgan fingerprint density at radius 3 is 2.52 bits per heavy atom. The number of carbonyl (C=O) groups excluding carboxylic acids is 1. The molecule has 1 heterocycles. The molecule has 4 heteroatoms. The number of benzene rings is 1. The molecule has 3 nitrogen and oxygen atoms in total. The molecule has 1 fully saturated rings. The van der Waals surface area contributed by atoms with Crippen LogP contribution in [-0.4, -0.2) is 25.0 Å². The van der Waals surface area contributed by atoms with Crippen LogP contribution in [0, 0.1) is 5.92 Å². The van der Waals surface area contributed by atoms with Crippen LogP contribution in [0.3, 0.4) is 0 Å². The summed E-state index contributed by atoms with van der Waals surface area (Å²) < 4.78 is 0. The second kappa shape index (κ2) is 8.16. The minimum absolute atomic E-state index is 0.0151. The van der Waals surface area contributed by atoms with Crippen LogP contribution in [0.4, 0.5) is 0 Å². The number of hydrogen-bond acceptors (Lipinski definition) is 2. The highest BCUT2D eigenvalue weighted by Crippen LogP contribution is 2.32. The van der Waals surface area contributed by atoms with Gasteiger partial charge in [0, 0.05) is 28.9 Å². The monoisotopic (exact) mass is 336 g/mol. The Labute approximate surface area is 145 Å². The van der Waals surface area contributed by atoms with Crippen LogP contribution in [0.2, 0.25) is 5.02 Å². The van der Waals surface area contributed by atoms with E-state index < -0.39 is 0 Å². The first kappa shape index (κ1) is 18.3. The van der Waals surface area contributed by atoms with E-state index in [0.717, 1.165) is 37.3 Å². The maximum atomic E-state index is 12.5. The molecule has 1 aliphatic rings. The Kier molecular flexibility index (Phi) is 6.49. The fourth-order valence-electron chi connectivity index (χ4n) is 3.58. The molecule has 2 atom stereocenters. The van der Waals surface area contributed by atoms with E-state index in [9.17, 15) is 4.79 Å². The molecule has 2 N–H and O–H groups in total. The van der Waals surface area contributed by atoms with E-state index in [-0.39, 0.29) is 17.2 Å². The first-order valence-corrected chi connectivity index (χ1v) is 9.15. The minimum Gasteiger partial charge on any atom is -0.355 e. The largest absolute Gasteiger partial charge is 0.355 e. The van der Waals surface area contributed by atoms with Crippen molar-refractivity contribution in [1.82, 2.24) is 10.6 Å². The first-order valence-electron chi connectivity index (χ1n) is 8.78. The highest BCUT2D eigenvalue weighted by molar-refractivity contribution is 6.30. The summed E-state index contributed by atoms with van der Waals surface area (Å²) >= 11 is 6.02. The second-order valence-corrected chi connectivity index (χ2v) is 7.23. The molecule has 0 spiro atoms. The van der Waals surface area contributed by atoms with Crippen LogP contribution in [0.15, 0.2) is 24.3 Å². The number of halogens is 1. The van der Waals surface area contributed by atoms with Gasteiger partial charge in [-0.25, -0.2) is 0 Å². The Morgan fingerprint density at radius 1 is 1.30 bits per heavy atom. The molecule has 1 aliphatic heterocycles. The predicted molar refractivity (Wildman–Crippen MR) is 96.9 cm³/mol. The number of piperidine rings is 1. The standard InChI is InChI=1S/C19H29ClN2O/c1-4-19(5-2,16-6-8-17(20)9-7-16)13-22-18(23)15-10-11-21-14(3)12-15/h6-9,14-15,21H,4-5,10-13H2,1-3H3,(H,22,23)/t14-,15-/m0/s1. The molecular formula is C19H29ClN2O. The lowest BCUT2D eigenvalue weighted by molar-refractivity contribution is -0.126. The van der Waals surface area contributed by atoms with Crippen molar-refractivity contribution in [3.8, 4) is 0 Å². The van der Waals surface area contributed by atoms with Gasteiger partial charge in [0.25, 0.3) is 0 Å². The molecule has 0 saturated carbocycles. The Morgan fingerprint density at radius 2 is 1.96 bits per heavy atom. The SMILES string of the molecule is CCC(CC)(CNC(=O)[C@H]1CCN[C@@H](C)C1)c1ccc(Cl)cc1. The molecule has 0 aromatic heterocycles. The van der Waals surface area contributed by atoms with Crippen molar-refractivity contribution in [2.24, 2.45) is 5.92 Å². The predicted octanol–water partition coefficient (Wildman–Crippen LogP) is 3.90. The summed E-state index contributed by atoms with van der Waals surface area (Å²) in [5.74, 6) is 0.349. The van der Waals surface area contributed by atoms with E-state index in [1.54, 1.807) is 0 Å². The van der Waals surface area contributed by atoms with Crippen LogP contribution >= 0.6 is 11.6 Å². The number of carbonyl (C=O) groups is 1. The molecule has 0 unspecified atom stereocenters. The van der Waals surface area contributed by atoms with E-state index in [2.05, 4.69) is 43.5 Å². The summed E-state index contributed by atoms with van der Waals surface area (Å²) in [5, 5.41) is 7.38. The first-order chi connectivity index (χ1) is 11.0. The molecule has 1 amide bonds. The number of hydrogen-bond donors (Lipinski definition) is 2. The van der Waals surface area contributed by atoms with Gasteiger partial charge >= 0.3 is 0 Å². The zero-order valence-electron chi connectivity index (χ0n) is 14.5. The second-order valence-electron chi connectivity index (χ2n) is 6.79. The molecule has 0 aliphatic carbocycles. The van der Waals surface area contributed by atoms with Gasteiger partial charge < -0.3 is 10.6 Å². The summed E-state index contributed by atoms with van der Waals surface area (Å²) in [7, 11) is 0. The van der Waals surface area contributed by atoms with Gasteiger partial charge in [-0.1, -0.05) is 37.6 Å². The normalized spacial score (nSPS) is 21.9. The average molecular weight is 337 g/mol. The third-order valence-electron chi connectivity index (χ3n) is 5.41. The van der Waals surface area contributed by atoms with Crippen LogP contribution in [0.1, 0.15) is 52.0 Å². The van der Waals surface area contributed by atoms with Crippen molar-refractivity contribution < 1.29 is 4.79 Å². The number of rotatable bonds is 6. The lowest BCUT2D eigenvalue weighted by atomic mass is 9.75. The van der Waals surface area contributed by atoms with E-state index in [0.29, 0.717) is 12.6 Å². The molecule has 0 bridgehead atoms. The Balaban J connectivity index is 2.04. The van der Waals surface area contributed by atoms with Gasteiger partial charge in [-0.05, 0) is 56.8 Å². The lowest BCUT2D eigenvalue weighted by Crippen LogP contribution is -2.46. The van der Waals surface area contributed by atoms with Crippen molar-refractivity contribution in [1.29, 1.82) is 0 Å². The van der Waals surface area contributed by atoms with E-state index in [4.69, 9.17) is 11.6 Å². The fraction of sp³-hybridized carbons (Fsp3) is 0.632. The van der Waals surface area contributed by atoms with Crippen LogP contribution < -0.4 is 10.6 Å². The quantitative estimate of drug-likeness (QED) is 0.827. The maximum absolute atomic E-state index is 12.5. The number of amides is 1. The summed E-state index contributed by atoms with van der Waals surface area (Å²) in [6, 6.07) is 8.49. The average Bonchev–Trinajstić information content (AvgIpc) is 2.57. The van der Waals surface area contributed by atoms with Crippen molar-refractivity contribution in [3.05, 3.63) is 34.9 Å². The van der Waals surface area contributed by atoms with Crippen LogP contribution in [-0.2, 0) is 10.2 Å². The van der Waals surface area contributed by atoms with Crippen molar-refractivity contribution in [2.45, 2.75) is 57.9 Å². The van der Waals surface area contributed by atoms with Gasteiger partial charge in [0.1, 0.15) is 0 Å². The molecule has 1 aromatic carbocycles. The lowest BCUT2D eigenvalue weighted by Gasteiger charge is -2.34. The maximum Gasteiger partial charge on any atom is 0.223 e. The molecule has 2 rings (SSSR count). The third-order valence-corrected chi connectivity index (χ3v) is 5.66. The van der Waals surface area contributed by atoms with Gasteiger partial charge in [0.15, 0.2) is 0 Å². The minimum atomic E-state index is -0.0151. The van der Waals surface area contributed by atoms with Crippen molar-refractivity contribution >= 4 is 17.5 Å². The molecular weight excluding hydrogens is 308 g/mol. The van der Waals surface area contributed by atoms with E-state index in [1.165, 1.54) is 5.56 Å². The van der Waals surface area contributed by atoms with Gasteiger partial charge in [0.2, 0.25) is 5.91 Å². The Bertz CT molecular complexity index is 511. The Hall–Kier alpha value is -1.06. The fourth-order valence-corrected chi connectivity index (χ4v) is 3.71. The third kappa shape index (κ3) is 4.48. The van der Waals surface area contributed by atoms with Crippen molar-refractivity contribution in [3.63, 3.8) is 0 Å². The van der Waals surface area contributed by atoms with Crippen LogP contribution in [0.25, 0.3) is 0 Å². The van der Waals surface area contributed by atoms with Gasteiger partial charge in [-0.15, -0.1) is 0 Å². The highest BCUT2D eigenvalue weighted by Gasteiger charge is 2.31. The zero-order chi connectivity index (χ0) is 16.9. The molecule has 23 heavy (non-hydrogen) atoms. The summed E-state index contributed by atoms with van der Waals surface area (Å²) in [6.07, 6.45) is 3.85. The molecule has 128 valence electrons. The summed E-state index contributed by atoms with van der Waals surface area (Å²) in [5.41, 5.74) is 1.24. The van der Waals surface area contributed by atoms with E-state index in [1.807, 2.05) is 12.1 Å². The highest BCUT2D eigenvalue weighted by atomic mass is 35.5. The van der Waals surface area contributed by atoms with Crippen molar-refractivity contribution in [2.75, 3.05) is 13.1 Å². The topological polar surface area (TPSA) is 41.1 Å². The van der Waals surface area contributed by atoms with Crippen LogP contribution in [0.5, 0.6) is 0 Å². The summed E-state index contributed by atoms with van der Waals surface area (Å²) in [6.45, 7) is 8.16. The van der Waals surface area contributed by atoms with E-state index >= 15 is 0 Å². The molecule has 1 aromatic rings. The van der Waals surface area contributed by atoms with Gasteiger partial charge in [-0.2, -0.15) is 0 Å². The smallest absolute Gasteiger partial charge is 0.223 e. The summed E-state index contributed by atoms with van der Waals surface area (Å²) in [4.78, 5) is 12.5.